The summed E-state index contributed by atoms with van der Waals surface area (Å²) in [6.45, 7) is 2.49. The summed E-state index contributed by atoms with van der Waals surface area (Å²) in [5.74, 6) is 0.743. The van der Waals surface area contributed by atoms with Crippen molar-refractivity contribution in [1.82, 2.24) is 0 Å². The van der Waals surface area contributed by atoms with Gasteiger partial charge in [-0.15, -0.1) is 0 Å². The van der Waals surface area contributed by atoms with E-state index in [-0.39, 0.29) is 6.73 Å². The number of allylic oxidation sites excluding steroid dienone is 1. The van der Waals surface area contributed by atoms with Crippen LogP contribution >= 0.6 is 0 Å². The van der Waals surface area contributed by atoms with Gasteiger partial charge in [0.05, 0.1) is 6.54 Å². The molecule has 0 radical (unpaired) electrons. The van der Waals surface area contributed by atoms with Crippen LogP contribution in [0.3, 0.4) is 0 Å². The van der Waals surface area contributed by atoms with E-state index in [1.165, 1.54) is 0 Å². The quantitative estimate of drug-likeness (QED) is 0.396. The van der Waals surface area contributed by atoms with Crippen molar-refractivity contribution < 1.29 is 4.74 Å². The van der Waals surface area contributed by atoms with Gasteiger partial charge in [-0.2, -0.15) is 0 Å². The molecule has 0 saturated carbocycles. The van der Waals surface area contributed by atoms with Crippen molar-refractivity contribution in [3.05, 3.63) is 11.8 Å². The summed E-state index contributed by atoms with van der Waals surface area (Å²) in [4.78, 5) is 0. The molecule has 48 valence electrons. The third kappa shape index (κ3) is 2.60. The van der Waals surface area contributed by atoms with Crippen molar-refractivity contribution in [1.29, 1.82) is 0 Å². The zero-order chi connectivity index (χ0) is 6.41. The molecule has 0 unspecified atom stereocenters. The molecule has 0 fully saturated rings. The molecule has 0 amide bonds. The first-order valence-electron chi connectivity index (χ1n) is 2.53. The van der Waals surface area contributed by atoms with Gasteiger partial charge in [0, 0.05) is 0 Å². The van der Waals surface area contributed by atoms with Crippen LogP contribution in [0.25, 0.3) is 0 Å². The topological polar surface area (TPSA) is 61.3 Å². The van der Waals surface area contributed by atoms with E-state index in [4.69, 9.17) is 16.2 Å². The monoisotopic (exact) mass is 116 g/mol. The number of hydrogen-bond acceptors (Lipinski definition) is 3. The fraction of sp³-hybridized carbons (Fsp3) is 0.600. The molecule has 3 nitrogen and oxygen atoms in total. The number of rotatable bonds is 3. The Bertz CT molecular complexity index is 80.5. The van der Waals surface area contributed by atoms with Gasteiger partial charge < -0.3 is 10.5 Å². The van der Waals surface area contributed by atoms with Gasteiger partial charge in [-0.3, -0.25) is 5.73 Å². The van der Waals surface area contributed by atoms with Crippen molar-refractivity contribution in [2.24, 2.45) is 11.5 Å². The molecule has 0 rings (SSSR count). The summed E-state index contributed by atoms with van der Waals surface area (Å²) in [5.41, 5.74) is 10.3. The molecule has 0 bridgehead atoms. The molecule has 0 spiro atoms. The van der Waals surface area contributed by atoms with E-state index >= 15 is 0 Å². The molecule has 0 atom stereocenters. The fourth-order valence-corrected chi connectivity index (χ4v) is 0.367. The highest BCUT2D eigenvalue weighted by Gasteiger charge is 1.86. The van der Waals surface area contributed by atoms with Crippen LogP contribution < -0.4 is 11.5 Å². The third-order valence-electron chi connectivity index (χ3n) is 0.792. The molecule has 0 heterocycles. The molecule has 3 heteroatoms. The molecule has 0 aromatic rings. The molecule has 0 aromatic carbocycles. The third-order valence-corrected chi connectivity index (χ3v) is 0.792. The predicted molar refractivity (Wildman–Crippen MR) is 33.0 cm³/mol. The maximum Gasteiger partial charge on any atom is 0.136 e. The second-order valence-corrected chi connectivity index (χ2v) is 1.27. The average Bonchev–Trinajstić information content (AvgIpc) is 1.83. The molecular weight excluding hydrogens is 104 g/mol. The van der Waals surface area contributed by atoms with Crippen LogP contribution in [0.5, 0.6) is 0 Å². The highest BCUT2D eigenvalue weighted by atomic mass is 16.5. The Balaban J connectivity index is 3.38. The van der Waals surface area contributed by atoms with Crippen LogP contribution in [0.4, 0.5) is 0 Å². The Kier molecular flexibility index (Phi) is 4.30. The Labute approximate surface area is 49.3 Å². The van der Waals surface area contributed by atoms with E-state index in [9.17, 15) is 0 Å². The van der Waals surface area contributed by atoms with Crippen molar-refractivity contribution in [3.63, 3.8) is 0 Å². The summed E-state index contributed by atoms with van der Waals surface area (Å²) < 4.78 is 4.85. The lowest BCUT2D eigenvalue weighted by Crippen LogP contribution is -2.11. The first-order chi connectivity index (χ1) is 3.85. The van der Waals surface area contributed by atoms with Gasteiger partial charge in [-0.25, -0.2) is 0 Å². The maximum atomic E-state index is 5.22. The van der Waals surface area contributed by atoms with Crippen LogP contribution in [0, 0.1) is 0 Å². The summed E-state index contributed by atoms with van der Waals surface area (Å²) in [6, 6.07) is 0. The van der Waals surface area contributed by atoms with E-state index in [1.54, 1.807) is 6.08 Å². The fourth-order valence-electron chi connectivity index (χ4n) is 0.367. The summed E-state index contributed by atoms with van der Waals surface area (Å²) in [5, 5.41) is 0. The van der Waals surface area contributed by atoms with Crippen molar-refractivity contribution in [3.8, 4) is 0 Å². The van der Waals surface area contributed by atoms with Gasteiger partial charge in [0.15, 0.2) is 0 Å². The molecule has 0 saturated heterocycles. The average molecular weight is 116 g/mol. The first-order valence-corrected chi connectivity index (χ1v) is 2.53. The van der Waals surface area contributed by atoms with E-state index in [2.05, 4.69) is 0 Å². The van der Waals surface area contributed by atoms with E-state index in [0.717, 1.165) is 5.76 Å². The zero-order valence-electron chi connectivity index (χ0n) is 5.05. The molecule has 4 N–H and O–H groups in total. The molecule has 0 aromatic heterocycles. The predicted octanol–water partition coefficient (Wildman–Crippen LogP) is -0.218. The van der Waals surface area contributed by atoms with Crippen LogP contribution in [0.15, 0.2) is 11.8 Å². The second kappa shape index (κ2) is 4.61. The lowest BCUT2D eigenvalue weighted by atomic mass is 10.5. The largest absolute Gasteiger partial charge is 0.482 e. The van der Waals surface area contributed by atoms with Gasteiger partial charge in [0.1, 0.15) is 12.5 Å². The molecule has 0 aliphatic heterocycles. The van der Waals surface area contributed by atoms with Gasteiger partial charge in [-0.05, 0) is 13.0 Å². The highest BCUT2D eigenvalue weighted by Crippen LogP contribution is 1.89. The summed E-state index contributed by atoms with van der Waals surface area (Å²) in [6.07, 6.45) is 1.80. The highest BCUT2D eigenvalue weighted by molar-refractivity contribution is 4.90. The first kappa shape index (κ1) is 7.46. The smallest absolute Gasteiger partial charge is 0.136 e. The lowest BCUT2D eigenvalue weighted by Gasteiger charge is -2.02. The van der Waals surface area contributed by atoms with Gasteiger partial charge in [-0.1, -0.05) is 0 Å². The summed E-state index contributed by atoms with van der Waals surface area (Å²) in [7, 11) is 0. The minimum atomic E-state index is 0.205. The van der Waals surface area contributed by atoms with Crippen LogP contribution in [-0.2, 0) is 4.74 Å². The second-order valence-electron chi connectivity index (χ2n) is 1.27. The number of hydrogen-bond donors (Lipinski definition) is 2. The van der Waals surface area contributed by atoms with Crippen LogP contribution in [0.2, 0.25) is 0 Å². The Morgan fingerprint density at radius 3 is 2.38 bits per heavy atom. The van der Waals surface area contributed by atoms with E-state index < -0.39 is 0 Å². The zero-order valence-corrected chi connectivity index (χ0v) is 5.05. The SMILES string of the molecule is C/C=C(/CN)OCN. The maximum absolute atomic E-state index is 5.22. The Hall–Kier alpha value is -0.540. The Morgan fingerprint density at radius 2 is 2.25 bits per heavy atom. The van der Waals surface area contributed by atoms with Crippen molar-refractivity contribution in [2.75, 3.05) is 13.3 Å². The van der Waals surface area contributed by atoms with E-state index in [0.29, 0.717) is 6.54 Å². The molecule has 0 aliphatic carbocycles. The normalized spacial score (nSPS) is 11.6. The molecular formula is C5H12N2O. The van der Waals surface area contributed by atoms with Gasteiger partial charge in [0.2, 0.25) is 0 Å². The molecule has 0 aliphatic rings. The van der Waals surface area contributed by atoms with Crippen LogP contribution in [0.1, 0.15) is 6.92 Å². The van der Waals surface area contributed by atoms with E-state index in [1.807, 2.05) is 6.92 Å². The van der Waals surface area contributed by atoms with Crippen molar-refractivity contribution >= 4 is 0 Å². The minimum Gasteiger partial charge on any atom is -0.482 e. The minimum absolute atomic E-state index is 0.205. The number of nitrogens with two attached hydrogens (primary N) is 2. The Morgan fingerprint density at radius 1 is 1.62 bits per heavy atom. The lowest BCUT2D eigenvalue weighted by molar-refractivity contribution is 0.217. The van der Waals surface area contributed by atoms with Gasteiger partial charge in [0.25, 0.3) is 0 Å². The van der Waals surface area contributed by atoms with Gasteiger partial charge >= 0.3 is 0 Å². The number of ether oxygens (including phenoxy) is 1. The molecule has 8 heavy (non-hydrogen) atoms. The standard InChI is InChI=1S/C5H12N2O/c1-2-5(3-6)8-4-7/h2H,3-4,6-7H2,1H3/b5-2-. The van der Waals surface area contributed by atoms with Crippen molar-refractivity contribution in [2.45, 2.75) is 6.92 Å². The summed E-state index contributed by atoms with van der Waals surface area (Å²) >= 11 is 0. The van der Waals surface area contributed by atoms with Crippen LogP contribution in [-0.4, -0.2) is 13.3 Å².